The van der Waals surface area contributed by atoms with Gasteiger partial charge in [-0.25, -0.2) is 0 Å². The predicted molar refractivity (Wildman–Crippen MR) is 191 cm³/mol. The molecule has 0 aliphatic rings. The number of aliphatic hydroxyl groups is 1. The summed E-state index contributed by atoms with van der Waals surface area (Å²) < 4.78 is 48.6. The van der Waals surface area contributed by atoms with Crippen LogP contribution >= 0.6 is 0 Å². The monoisotopic (exact) mass is 884 g/mol. The molecule has 310 valence electrons. The molecule has 0 saturated heterocycles. The van der Waals surface area contributed by atoms with Gasteiger partial charge < -0.3 is 112 Å². The summed E-state index contributed by atoms with van der Waals surface area (Å²) in [7, 11) is -25.1. The molecule has 0 aliphatic heterocycles. The molecule has 0 aliphatic carbocycles. The first kappa shape index (κ1) is 60.0. The summed E-state index contributed by atoms with van der Waals surface area (Å²) >= 11 is 0. The molecule has 0 fully saturated rings. The smallest absolute Gasteiger partial charge is 0.397 e. The van der Waals surface area contributed by atoms with Crippen LogP contribution in [-0.2, 0) is 42.7 Å². The topological polar surface area (TPSA) is 387 Å². The van der Waals surface area contributed by atoms with Gasteiger partial charge in [-0.1, -0.05) is 7.43 Å². The van der Waals surface area contributed by atoms with E-state index in [-0.39, 0.29) is 20.1 Å². The minimum Gasteiger partial charge on any atom is -0.397 e. The average Bonchev–Trinajstić information content (AvgIpc) is 2.88. The lowest BCUT2D eigenvalue weighted by Crippen LogP contribution is -2.65. The molecule has 0 aromatic heterocycles. The highest BCUT2D eigenvalue weighted by Crippen LogP contribution is 2.24. The van der Waals surface area contributed by atoms with Gasteiger partial charge in [0.05, 0.1) is 0 Å². The van der Waals surface area contributed by atoms with Crippen molar-refractivity contribution in [2.45, 2.75) is 65.5 Å². The van der Waals surface area contributed by atoms with Gasteiger partial charge in [-0.05, 0) is 32.9 Å². The van der Waals surface area contributed by atoms with Crippen LogP contribution in [0.3, 0.4) is 0 Å². The van der Waals surface area contributed by atoms with Crippen LogP contribution in [0.4, 0.5) is 0 Å². The van der Waals surface area contributed by atoms with Crippen molar-refractivity contribution in [3.63, 3.8) is 0 Å². The van der Waals surface area contributed by atoms with Crippen molar-refractivity contribution in [2.75, 3.05) is 55.2 Å². The molecular formula is C18H64N2O22Si8. The standard InChI is InChI=1S/C7H25NO10Si4.C6H17NO3Si.C2H12O8Si3.C2H6O.CH4/c1-14-21(15-2,7-5-6-8)18-22(13,16-19(3,9)10)17-20(4,11)12;1-8-11(9-2,10-3)6-4-5-7;1-11(3,4)9-13(7,8)10-12(2,5)6;1-2-3;/h9-13H,5-8H2,1-4H3;4-7H2,1-3H3;3-8H,1-2H3;3H,2H2,1H3;1H4. The second-order valence-corrected chi connectivity index (χ2v) is 29.3. The molecule has 0 heterocycles. The summed E-state index contributed by atoms with van der Waals surface area (Å²) in [5.74, 6) is 0. The Morgan fingerprint density at radius 3 is 0.900 bits per heavy atom. The molecule has 24 nitrogen and oxygen atoms in total. The van der Waals surface area contributed by atoms with Crippen molar-refractivity contribution >= 4 is 70.9 Å². The van der Waals surface area contributed by atoms with Crippen molar-refractivity contribution in [1.29, 1.82) is 0 Å². The number of rotatable bonds is 21. The summed E-state index contributed by atoms with van der Waals surface area (Å²) in [6, 6.07) is 0.968. The molecule has 0 aromatic carbocycles. The average molecular weight is 885 g/mol. The largest absolute Gasteiger partial charge is 0.659 e. The molecule has 0 spiro atoms. The first-order valence-electron chi connectivity index (χ1n) is 14.1. The van der Waals surface area contributed by atoms with Gasteiger partial charge in [0, 0.05) is 80.4 Å². The Bertz CT molecular complexity index is 768. The second-order valence-electron chi connectivity index (χ2n) is 9.81. The van der Waals surface area contributed by atoms with Crippen LogP contribution in [0.2, 0.25) is 38.3 Å². The van der Waals surface area contributed by atoms with Crippen molar-refractivity contribution in [1.82, 2.24) is 0 Å². The predicted octanol–water partition coefficient (Wildman–Crippen LogP) is -5.45. The van der Waals surface area contributed by atoms with Crippen LogP contribution in [-0.4, -0.2) is 184 Å². The number of hydrogen-bond donors (Lipinski definition) is 14. The fourth-order valence-electron chi connectivity index (χ4n) is 2.89. The fourth-order valence-corrected chi connectivity index (χ4v) is 18.6. The highest BCUT2D eigenvalue weighted by Gasteiger charge is 2.60. The van der Waals surface area contributed by atoms with E-state index in [1.807, 2.05) is 0 Å². The van der Waals surface area contributed by atoms with Crippen molar-refractivity contribution in [3.05, 3.63) is 0 Å². The lowest BCUT2D eigenvalue weighted by molar-refractivity contribution is 0.0359. The zero-order valence-electron chi connectivity index (χ0n) is 29.6. The SMILES string of the molecule is C.CCO.CO[Si](CCCN)(OC)OC.CO[Si](CCCN)(OC)O[Si](O)(O[Si](C)(O)O)O[Si](C)(O)O.C[Si](O)(O)O[Si](O)(O)O[Si](C)(O)O. The minimum absolute atomic E-state index is 0. The summed E-state index contributed by atoms with van der Waals surface area (Å²) in [5, 5.41) is 7.57. The van der Waals surface area contributed by atoms with E-state index in [4.69, 9.17) is 79.8 Å². The molecule has 0 amide bonds. The molecule has 0 unspecified atom stereocenters. The van der Waals surface area contributed by atoms with Crippen LogP contribution < -0.4 is 11.5 Å². The van der Waals surface area contributed by atoms with Gasteiger partial charge in [0.2, 0.25) is 0 Å². The first-order chi connectivity index (χ1) is 21.9. The summed E-state index contributed by atoms with van der Waals surface area (Å²) in [5.41, 5.74) is 10.8. The van der Waals surface area contributed by atoms with E-state index >= 15 is 0 Å². The zero-order valence-corrected chi connectivity index (χ0v) is 37.6. The van der Waals surface area contributed by atoms with Crippen molar-refractivity contribution in [3.8, 4) is 0 Å². The maximum absolute atomic E-state index is 10.3. The molecule has 32 heteroatoms. The normalized spacial score (nSPS) is 13.2. The number of aliphatic hydroxyl groups excluding tert-OH is 1. The third kappa shape index (κ3) is 35.8. The minimum atomic E-state index is -4.85. The molecule has 0 atom stereocenters. The van der Waals surface area contributed by atoms with E-state index in [9.17, 15) is 24.0 Å². The number of hydrogen-bond acceptors (Lipinski definition) is 24. The van der Waals surface area contributed by atoms with Gasteiger partial charge in [-0.3, -0.25) is 0 Å². The molecule has 16 N–H and O–H groups in total. The Labute approximate surface area is 303 Å². The van der Waals surface area contributed by atoms with Crippen LogP contribution in [0, 0.1) is 0 Å². The van der Waals surface area contributed by atoms with Crippen LogP contribution in [0.1, 0.15) is 27.2 Å². The second kappa shape index (κ2) is 27.4. The molecule has 0 bridgehead atoms. The highest BCUT2D eigenvalue weighted by molar-refractivity contribution is 6.80. The van der Waals surface area contributed by atoms with E-state index in [0.717, 1.165) is 38.7 Å². The first-order valence-corrected chi connectivity index (χ1v) is 30.6. The lowest BCUT2D eigenvalue weighted by atomic mass is 10.5. The van der Waals surface area contributed by atoms with Gasteiger partial charge in [-0.15, -0.1) is 0 Å². The highest BCUT2D eigenvalue weighted by atomic mass is 28.5. The van der Waals surface area contributed by atoms with Gasteiger partial charge in [0.25, 0.3) is 0 Å². The molecule has 0 rings (SSSR count). The maximum atomic E-state index is 10.3. The Morgan fingerprint density at radius 2 is 0.700 bits per heavy atom. The number of nitrogens with two attached hydrogens (primary N) is 2. The third-order valence-corrected chi connectivity index (χ3v) is 22.2. The molecule has 0 radical (unpaired) electrons. The van der Waals surface area contributed by atoms with Gasteiger partial charge in [-0.2, -0.15) is 0 Å². The Balaban J connectivity index is -0.000000206. The zero-order chi connectivity index (χ0) is 40.0. The van der Waals surface area contributed by atoms with E-state index in [1.54, 1.807) is 28.3 Å². The summed E-state index contributed by atoms with van der Waals surface area (Å²) in [6.45, 7) is 6.41. The maximum Gasteiger partial charge on any atom is 0.659 e. The fraction of sp³-hybridized carbons (Fsp3) is 1.00. The van der Waals surface area contributed by atoms with Crippen LogP contribution in [0.15, 0.2) is 0 Å². The molecule has 0 aromatic rings. The van der Waals surface area contributed by atoms with E-state index in [1.165, 1.54) is 14.2 Å². The van der Waals surface area contributed by atoms with Gasteiger partial charge in [0.1, 0.15) is 0 Å². The molecular weight excluding hydrogens is 821 g/mol. The molecule has 50 heavy (non-hydrogen) atoms. The van der Waals surface area contributed by atoms with E-state index in [2.05, 4.69) is 8.23 Å². The van der Waals surface area contributed by atoms with Crippen LogP contribution in [0.5, 0.6) is 0 Å². The van der Waals surface area contributed by atoms with E-state index < -0.39 is 70.9 Å². The van der Waals surface area contributed by atoms with Gasteiger partial charge >= 0.3 is 70.9 Å². The quantitative estimate of drug-likeness (QED) is 0.0478. The third-order valence-electron chi connectivity index (χ3n) is 4.51. The van der Waals surface area contributed by atoms with Crippen LogP contribution in [0.25, 0.3) is 0 Å². The summed E-state index contributed by atoms with van der Waals surface area (Å²) in [4.78, 5) is 101. The Kier molecular flexibility index (Phi) is 32.9. The van der Waals surface area contributed by atoms with Gasteiger partial charge in [0.15, 0.2) is 0 Å². The van der Waals surface area contributed by atoms with E-state index in [0.29, 0.717) is 19.5 Å². The lowest BCUT2D eigenvalue weighted by Gasteiger charge is -2.36. The summed E-state index contributed by atoms with van der Waals surface area (Å²) in [6.07, 6.45) is 1.31. The van der Waals surface area contributed by atoms with Crippen molar-refractivity contribution < 1.29 is 101 Å². The van der Waals surface area contributed by atoms with Crippen molar-refractivity contribution in [2.24, 2.45) is 11.5 Å². The Hall–Kier alpha value is 0.775. The molecule has 0 saturated carbocycles. The Morgan fingerprint density at radius 1 is 0.460 bits per heavy atom.